The maximum atomic E-state index is 13.8. The molecule has 1 fully saturated rings. The van der Waals surface area contributed by atoms with Gasteiger partial charge in [0.1, 0.15) is 11.4 Å². The molecule has 41 heavy (non-hydrogen) atoms. The Balaban J connectivity index is 1.37. The highest BCUT2D eigenvalue weighted by atomic mass is 79.9. The maximum absolute atomic E-state index is 13.8. The minimum Gasteiger partial charge on any atom is -0.490 e. The van der Waals surface area contributed by atoms with Crippen molar-refractivity contribution in [3.8, 4) is 11.4 Å². The topological polar surface area (TPSA) is 85.6 Å². The number of imidazole rings is 1. The van der Waals surface area contributed by atoms with E-state index in [1.54, 1.807) is 40.7 Å². The van der Waals surface area contributed by atoms with Gasteiger partial charge in [-0.05, 0) is 83.2 Å². The summed E-state index contributed by atoms with van der Waals surface area (Å²) in [5, 5.41) is 3.45. The van der Waals surface area contributed by atoms with E-state index in [-0.39, 0.29) is 36.5 Å². The lowest BCUT2D eigenvalue weighted by Crippen LogP contribution is -2.41. The molecule has 1 saturated carbocycles. The van der Waals surface area contributed by atoms with Crippen molar-refractivity contribution in [2.75, 3.05) is 6.54 Å². The molecule has 6 rings (SSSR count). The molecule has 0 radical (unpaired) electrons. The van der Waals surface area contributed by atoms with E-state index in [9.17, 15) is 14.4 Å². The molecule has 1 aliphatic heterocycles. The highest BCUT2D eigenvalue weighted by Gasteiger charge is 2.33. The summed E-state index contributed by atoms with van der Waals surface area (Å²) in [5.41, 5.74) is 3.01. The van der Waals surface area contributed by atoms with Gasteiger partial charge in [0, 0.05) is 29.7 Å². The lowest BCUT2D eigenvalue weighted by molar-refractivity contribution is 0.0705. The molecule has 2 amide bonds. The zero-order valence-electron chi connectivity index (χ0n) is 22.4. The summed E-state index contributed by atoms with van der Waals surface area (Å²) in [7, 11) is 0. The highest BCUT2D eigenvalue weighted by Crippen LogP contribution is 2.31. The van der Waals surface area contributed by atoms with E-state index in [1.807, 2.05) is 42.5 Å². The quantitative estimate of drug-likeness (QED) is 0.291. The maximum Gasteiger partial charge on any atom is 0.333 e. The minimum atomic E-state index is -0.393. The molecule has 1 aliphatic carbocycles. The molecular weight excluding hydrogens is 608 g/mol. The summed E-state index contributed by atoms with van der Waals surface area (Å²) in [4.78, 5) is 42.8. The summed E-state index contributed by atoms with van der Waals surface area (Å²) in [6.45, 7) is 2.78. The number of ether oxygens (including phenoxy) is 1. The normalized spacial score (nSPS) is 14.5. The Hall–Kier alpha value is -3.82. The van der Waals surface area contributed by atoms with Gasteiger partial charge in [-0.15, -0.1) is 0 Å². The Morgan fingerprint density at radius 3 is 2.46 bits per heavy atom. The number of hydrogen-bond donors (Lipinski definition) is 1. The molecule has 8 nitrogen and oxygen atoms in total. The van der Waals surface area contributed by atoms with Crippen LogP contribution in [0.1, 0.15) is 50.5 Å². The molecule has 10 heteroatoms. The van der Waals surface area contributed by atoms with E-state index >= 15 is 0 Å². The lowest BCUT2D eigenvalue weighted by atomic mass is 10.1. The van der Waals surface area contributed by atoms with Gasteiger partial charge in [-0.3, -0.25) is 18.7 Å². The van der Waals surface area contributed by atoms with E-state index in [1.165, 1.54) is 4.57 Å². The third-order valence-corrected chi connectivity index (χ3v) is 8.85. The zero-order chi connectivity index (χ0) is 28.7. The van der Waals surface area contributed by atoms with Gasteiger partial charge in [-0.25, -0.2) is 4.79 Å². The summed E-state index contributed by atoms with van der Waals surface area (Å²) in [5.74, 6) is 0.124. The van der Waals surface area contributed by atoms with E-state index in [4.69, 9.17) is 16.3 Å². The van der Waals surface area contributed by atoms with Crippen LogP contribution in [-0.4, -0.2) is 38.5 Å². The van der Waals surface area contributed by atoms with Gasteiger partial charge < -0.3 is 15.0 Å². The molecule has 1 aromatic heterocycles. The van der Waals surface area contributed by atoms with Gasteiger partial charge in [-0.1, -0.05) is 41.9 Å². The molecule has 3 aromatic carbocycles. The second-order valence-electron chi connectivity index (χ2n) is 10.3. The number of carbonyl (C=O) groups is 2. The molecule has 0 unspecified atom stereocenters. The first kappa shape index (κ1) is 27.4. The largest absolute Gasteiger partial charge is 0.490 e. The molecule has 4 aromatic rings. The second-order valence-corrected chi connectivity index (χ2v) is 11.5. The number of nitrogens with one attached hydrogen (secondary N) is 1. The second kappa shape index (κ2) is 11.2. The number of carbonyl (C=O) groups excluding carboxylic acids is 2. The molecule has 2 heterocycles. The number of nitrogens with zero attached hydrogens (tertiary/aromatic N) is 3. The number of rotatable bonds is 7. The average molecular weight is 636 g/mol. The third-order valence-electron chi connectivity index (χ3n) is 7.47. The van der Waals surface area contributed by atoms with Crippen molar-refractivity contribution < 1.29 is 14.3 Å². The fraction of sp³-hybridized carbons (Fsp3) is 0.258. The van der Waals surface area contributed by atoms with Crippen molar-refractivity contribution >= 4 is 39.3 Å². The lowest BCUT2D eigenvalue weighted by Gasteiger charge is -2.29. The van der Waals surface area contributed by atoms with Gasteiger partial charge in [-0.2, -0.15) is 0 Å². The van der Waals surface area contributed by atoms with Crippen LogP contribution in [0.25, 0.3) is 5.69 Å². The van der Waals surface area contributed by atoms with Crippen molar-refractivity contribution in [2.45, 2.75) is 45.5 Å². The smallest absolute Gasteiger partial charge is 0.333 e. The summed E-state index contributed by atoms with van der Waals surface area (Å²) >= 11 is 9.81. The number of halogens is 2. The molecule has 210 valence electrons. The fourth-order valence-corrected chi connectivity index (χ4v) is 5.67. The summed E-state index contributed by atoms with van der Waals surface area (Å²) in [6.07, 6.45) is 2.33. The van der Waals surface area contributed by atoms with Crippen LogP contribution in [0.15, 0.2) is 76.0 Å². The van der Waals surface area contributed by atoms with Crippen LogP contribution in [0.4, 0.5) is 0 Å². The Morgan fingerprint density at radius 2 is 1.76 bits per heavy atom. The van der Waals surface area contributed by atoms with Crippen molar-refractivity contribution in [1.29, 1.82) is 0 Å². The Kier molecular flexibility index (Phi) is 7.48. The monoisotopic (exact) mass is 634 g/mol. The number of amides is 2. The predicted molar refractivity (Wildman–Crippen MR) is 160 cm³/mol. The number of benzene rings is 3. The molecule has 0 bridgehead atoms. The molecule has 0 saturated heterocycles. The van der Waals surface area contributed by atoms with Crippen LogP contribution < -0.4 is 15.7 Å². The van der Waals surface area contributed by atoms with Gasteiger partial charge in [0.25, 0.3) is 11.8 Å². The molecule has 1 N–H and O–H groups in total. The first-order chi connectivity index (χ1) is 19.8. The standard InChI is InChI=1S/C31H28BrClN4O4/c1-19-24(13-14-25(32)27(19)33)30(39)35-15-16-36-26(18-35)28(29(38)34-17-20-5-3-2-4-6-20)37(31(36)40)21-7-9-22(10-8-21)41-23-11-12-23/h2-10,13-14,23H,11-12,15-18H2,1H3,(H,34,38). The zero-order valence-corrected chi connectivity index (χ0v) is 24.7. The van der Waals surface area contributed by atoms with Crippen LogP contribution in [0.2, 0.25) is 5.02 Å². The third kappa shape index (κ3) is 5.44. The predicted octanol–water partition coefficient (Wildman–Crippen LogP) is 5.49. The number of aromatic nitrogens is 2. The van der Waals surface area contributed by atoms with Crippen molar-refractivity contribution in [3.05, 3.63) is 115 Å². The average Bonchev–Trinajstić information content (AvgIpc) is 3.76. The van der Waals surface area contributed by atoms with Crippen LogP contribution >= 0.6 is 27.5 Å². The Bertz CT molecular complexity index is 1690. The Labute approximate surface area is 250 Å². The highest BCUT2D eigenvalue weighted by molar-refractivity contribution is 9.10. The van der Waals surface area contributed by atoms with Crippen LogP contribution in [-0.2, 0) is 19.6 Å². The van der Waals surface area contributed by atoms with Crippen molar-refractivity contribution in [2.24, 2.45) is 0 Å². The fourth-order valence-electron chi connectivity index (χ4n) is 5.07. The summed E-state index contributed by atoms with van der Waals surface area (Å²) in [6, 6.07) is 20.3. The van der Waals surface area contributed by atoms with Crippen LogP contribution in [0.5, 0.6) is 5.75 Å². The van der Waals surface area contributed by atoms with Crippen molar-refractivity contribution in [3.63, 3.8) is 0 Å². The van der Waals surface area contributed by atoms with E-state index in [2.05, 4.69) is 21.2 Å². The van der Waals surface area contributed by atoms with E-state index in [0.717, 1.165) is 24.2 Å². The molecule has 0 spiro atoms. The Morgan fingerprint density at radius 1 is 1.02 bits per heavy atom. The minimum absolute atomic E-state index is 0.102. The first-order valence-corrected chi connectivity index (χ1v) is 14.7. The van der Waals surface area contributed by atoms with Gasteiger partial charge in [0.05, 0.1) is 29.1 Å². The van der Waals surface area contributed by atoms with Gasteiger partial charge in [0.2, 0.25) is 0 Å². The van der Waals surface area contributed by atoms with E-state index < -0.39 is 5.91 Å². The molecule has 0 atom stereocenters. The molecule has 2 aliphatic rings. The van der Waals surface area contributed by atoms with Gasteiger partial charge in [0.15, 0.2) is 0 Å². The van der Waals surface area contributed by atoms with Crippen LogP contribution in [0, 0.1) is 6.92 Å². The number of fused-ring (bicyclic) bond motifs is 1. The number of hydrogen-bond acceptors (Lipinski definition) is 4. The molecular formula is C31H28BrClN4O4. The first-order valence-electron chi connectivity index (χ1n) is 13.5. The SMILES string of the molecule is Cc1c(C(=O)N2CCn3c(c(C(=O)NCc4ccccc4)n(-c4ccc(OC5CC5)cc4)c3=O)C2)ccc(Br)c1Cl. The van der Waals surface area contributed by atoms with E-state index in [0.29, 0.717) is 45.1 Å². The summed E-state index contributed by atoms with van der Waals surface area (Å²) < 4.78 is 9.62. The van der Waals surface area contributed by atoms with Crippen LogP contribution in [0.3, 0.4) is 0 Å². The van der Waals surface area contributed by atoms with Crippen molar-refractivity contribution in [1.82, 2.24) is 19.4 Å². The van der Waals surface area contributed by atoms with Gasteiger partial charge >= 0.3 is 5.69 Å².